The molecule has 1 aliphatic rings. The third-order valence-electron chi connectivity index (χ3n) is 5.84. The lowest BCUT2D eigenvalue weighted by Gasteiger charge is -2.28. The van der Waals surface area contributed by atoms with Crippen LogP contribution < -0.4 is 10.2 Å². The number of rotatable bonds is 6. The summed E-state index contributed by atoms with van der Waals surface area (Å²) in [5, 5.41) is 5.43. The lowest BCUT2D eigenvalue weighted by Crippen LogP contribution is -2.36. The molecule has 3 aromatic rings. The molecule has 1 amide bonds. The Hall–Kier alpha value is -2.85. The molecular formula is C25H29N3O. The van der Waals surface area contributed by atoms with Gasteiger partial charge in [-0.15, -0.1) is 0 Å². The maximum absolute atomic E-state index is 12.8. The van der Waals surface area contributed by atoms with Gasteiger partial charge in [0, 0.05) is 31.9 Å². The minimum absolute atomic E-state index is 0.00939. The molecule has 1 fully saturated rings. The van der Waals surface area contributed by atoms with Crippen molar-refractivity contribution in [2.75, 3.05) is 38.6 Å². The van der Waals surface area contributed by atoms with Crippen LogP contribution in [0.4, 0.5) is 5.69 Å². The summed E-state index contributed by atoms with van der Waals surface area (Å²) in [6.07, 6.45) is 2.45. The molecule has 0 radical (unpaired) electrons. The first-order valence-corrected chi connectivity index (χ1v) is 10.4. The zero-order valence-corrected chi connectivity index (χ0v) is 17.3. The summed E-state index contributed by atoms with van der Waals surface area (Å²) < 4.78 is 0. The van der Waals surface area contributed by atoms with E-state index in [1.54, 1.807) is 0 Å². The Bertz CT molecular complexity index is 975. The number of nitrogens with zero attached hydrogens (tertiary/aromatic N) is 2. The highest BCUT2D eigenvalue weighted by atomic mass is 16.1. The fourth-order valence-electron chi connectivity index (χ4n) is 4.13. The molecule has 29 heavy (non-hydrogen) atoms. The summed E-state index contributed by atoms with van der Waals surface area (Å²) in [7, 11) is 4.10. The molecule has 1 heterocycles. The van der Waals surface area contributed by atoms with Crippen LogP contribution in [0.1, 0.15) is 34.8 Å². The molecule has 150 valence electrons. The zero-order chi connectivity index (χ0) is 20.2. The van der Waals surface area contributed by atoms with Crippen LogP contribution in [0.15, 0.2) is 66.7 Å². The van der Waals surface area contributed by atoms with Gasteiger partial charge in [-0.05, 0) is 66.5 Å². The molecular weight excluding hydrogens is 358 g/mol. The highest BCUT2D eigenvalue weighted by molar-refractivity contribution is 5.98. The van der Waals surface area contributed by atoms with E-state index >= 15 is 0 Å². The molecule has 1 atom stereocenters. The van der Waals surface area contributed by atoms with E-state index in [0.29, 0.717) is 12.1 Å². The largest absolute Gasteiger partial charge is 0.378 e. The number of anilines is 1. The smallest absolute Gasteiger partial charge is 0.251 e. The van der Waals surface area contributed by atoms with Gasteiger partial charge in [0.2, 0.25) is 0 Å². The molecule has 3 aromatic carbocycles. The number of fused-ring (bicyclic) bond motifs is 1. The summed E-state index contributed by atoms with van der Waals surface area (Å²) in [6.45, 7) is 2.80. The predicted octanol–water partition coefficient (Wildman–Crippen LogP) is 4.47. The van der Waals surface area contributed by atoms with E-state index in [2.05, 4.69) is 59.5 Å². The Morgan fingerprint density at radius 1 is 0.966 bits per heavy atom. The summed E-state index contributed by atoms with van der Waals surface area (Å²) in [5.41, 5.74) is 3.16. The first-order valence-electron chi connectivity index (χ1n) is 10.4. The number of benzene rings is 3. The molecule has 4 heteroatoms. The quantitative estimate of drug-likeness (QED) is 0.678. The summed E-state index contributed by atoms with van der Waals surface area (Å²) in [5.74, 6) is -0.00939. The molecule has 0 saturated carbocycles. The molecule has 1 N–H and O–H groups in total. The highest BCUT2D eigenvalue weighted by Gasteiger charge is 2.24. The molecule has 0 bridgehead atoms. The maximum atomic E-state index is 12.8. The van der Waals surface area contributed by atoms with Crippen LogP contribution in [0.5, 0.6) is 0 Å². The second-order valence-electron chi connectivity index (χ2n) is 8.02. The maximum Gasteiger partial charge on any atom is 0.251 e. The van der Waals surface area contributed by atoms with Crippen molar-refractivity contribution in [3.8, 4) is 0 Å². The fourth-order valence-corrected chi connectivity index (χ4v) is 4.13. The molecule has 0 aliphatic carbocycles. The normalized spacial score (nSPS) is 15.4. The molecule has 0 spiro atoms. The van der Waals surface area contributed by atoms with Crippen LogP contribution in [0.2, 0.25) is 0 Å². The van der Waals surface area contributed by atoms with Gasteiger partial charge in [0.1, 0.15) is 0 Å². The van der Waals surface area contributed by atoms with Gasteiger partial charge < -0.3 is 10.2 Å². The van der Waals surface area contributed by atoms with Crippen molar-refractivity contribution in [2.45, 2.75) is 18.9 Å². The second-order valence-corrected chi connectivity index (χ2v) is 8.02. The Kier molecular flexibility index (Phi) is 5.81. The van der Waals surface area contributed by atoms with Gasteiger partial charge in [0.15, 0.2) is 0 Å². The van der Waals surface area contributed by atoms with E-state index in [4.69, 9.17) is 0 Å². The topological polar surface area (TPSA) is 35.6 Å². The third-order valence-corrected chi connectivity index (χ3v) is 5.84. The molecule has 4 rings (SSSR count). The summed E-state index contributed by atoms with van der Waals surface area (Å²) >= 11 is 0. The van der Waals surface area contributed by atoms with Crippen LogP contribution in [0.3, 0.4) is 0 Å². The molecule has 1 saturated heterocycles. The molecule has 1 aliphatic heterocycles. The Morgan fingerprint density at radius 3 is 2.34 bits per heavy atom. The average Bonchev–Trinajstić information content (AvgIpc) is 3.28. The number of carbonyl (C=O) groups is 1. The van der Waals surface area contributed by atoms with Crippen molar-refractivity contribution >= 4 is 22.4 Å². The van der Waals surface area contributed by atoms with Gasteiger partial charge in [-0.25, -0.2) is 0 Å². The van der Waals surface area contributed by atoms with Gasteiger partial charge >= 0.3 is 0 Å². The number of nitrogens with one attached hydrogen (secondary N) is 1. The van der Waals surface area contributed by atoms with Gasteiger partial charge in [0.25, 0.3) is 5.91 Å². The monoisotopic (exact) mass is 387 g/mol. The van der Waals surface area contributed by atoms with Gasteiger partial charge in [-0.2, -0.15) is 0 Å². The van der Waals surface area contributed by atoms with Crippen LogP contribution in [0, 0.1) is 0 Å². The van der Waals surface area contributed by atoms with E-state index in [1.165, 1.54) is 24.1 Å². The second kappa shape index (κ2) is 8.66. The van der Waals surface area contributed by atoms with E-state index in [9.17, 15) is 4.79 Å². The molecule has 0 unspecified atom stereocenters. The van der Waals surface area contributed by atoms with Crippen molar-refractivity contribution in [1.82, 2.24) is 10.2 Å². The summed E-state index contributed by atoms with van der Waals surface area (Å²) in [4.78, 5) is 17.4. The van der Waals surface area contributed by atoms with Gasteiger partial charge in [-0.1, -0.05) is 42.5 Å². The Balaban J connectivity index is 1.50. The summed E-state index contributed by atoms with van der Waals surface area (Å²) in [6, 6.07) is 22.9. The lowest BCUT2D eigenvalue weighted by atomic mass is 10.0. The first kappa shape index (κ1) is 19.5. The zero-order valence-electron chi connectivity index (χ0n) is 17.3. The first-order chi connectivity index (χ1) is 14.1. The van der Waals surface area contributed by atoms with Crippen LogP contribution >= 0.6 is 0 Å². The minimum Gasteiger partial charge on any atom is -0.378 e. The Morgan fingerprint density at radius 2 is 1.66 bits per heavy atom. The highest BCUT2D eigenvalue weighted by Crippen LogP contribution is 2.26. The standard InChI is InChI=1S/C25H29N3O/c1-27(2)23-13-11-20(12-14-23)24(28-15-5-6-16-28)18-26-25(29)22-10-9-19-7-3-4-8-21(19)17-22/h3-4,7-14,17,24H,5-6,15-16,18H2,1-2H3,(H,26,29)/t24-/m1/s1. The predicted molar refractivity (Wildman–Crippen MR) is 121 cm³/mol. The van der Waals surface area contributed by atoms with Crippen LogP contribution in [0.25, 0.3) is 10.8 Å². The van der Waals surface area contributed by atoms with Crippen molar-refractivity contribution in [1.29, 1.82) is 0 Å². The van der Waals surface area contributed by atoms with Crippen molar-refractivity contribution in [2.24, 2.45) is 0 Å². The van der Waals surface area contributed by atoms with Crippen molar-refractivity contribution < 1.29 is 4.79 Å². The van der Waals surface area contributed by atoms with E-state index < -0.39 is 0 Å². The van der Waals surface area contributed by atoms with E-state index in [-0.39, 0.29) is 11.9 Å². The number of hydrogen-bond donors (Lipinski definition) is 1. The number of hydrogen-bond acceptors (Lipinski definition) is 3. The SMILES string of the molecule is CN(C)c1ccc([C@@H](CNC(=O)c2ccc3ccccc3c2)N2CCCC2)cc1. The number of carbonyl (C=O) groups excluding carboxylic acids is 1. The number of amides is 1. The number of likely N-dealkylation sites (tertiary alicyclic amines) is 1. The molecule has 0 aromatic heterocycles. The molecule has 4 nitrogen and oxygen atoms in total. The van der Waals surface area contributed by atoms with Crippen LogP contribution in [-0.4, -0.2) is 44.5 Å². The van der Waals surface area contributed by atoms with E-state index in [1.807, 2.05) is 36.4 Å². The Labute approximate surface area is 173 Å². The van der Waals surface area contributed by atoms with Crippen LogP contribution in [-0.2, 0) is 0 Å². The average molecular weight is 388 g/mol. The third kappa shape index (κ3) is 4.43. The van der Waals surface area contributed by atoms with E-state index in [0.717, 1.165) is 23.9 Å². The lowest BCUT2D eigenvalue weighted by molar-refractivity contribution is 0.0938. The van der Waals surface area contributed by atoms with Gasteiger partial charge in [0.05, 0.1) is 6.04 Å². The van der Waals surface area contributed by atoms with Crippen molar-refractivity contribution in [3.63, 3.8) is 0 Å². The fraction of sp³-hybridized carbons (Fsp3) is 0.320. The van der Waals surface area contributed by atoms with Crippen molar-refractivity contribution in [3.05, 3.63) is 77.9 Å². The minimum atomic E-state index is -0.00939. The van der Waals surface area contributed by atoms with Gasteiger partial charge in [-0.3, -0.25) is 9.69 Å².